The number of rotatable bonds is 7. The number of aromatic amines is 2. The van der Waals surface area contributed by atoms with Crippen LogP contribution in [-0.2, 0) is 6.54 Å². The van der Waals surface area contributed by atoms with E-state index in [4.69, 9.17) is 5.11 Å². The third-order valence-electron chi connectivity index (χ3n) is 3.10. The summed E-state index contributed by atoms with van der Waals surface area (Å²) in [5.74, 6) is 0.679. The van der Waals surface area contributed by atoms with Crippen molar-refractivity contribution in [2.75, 3.05) is 18.6 Å². The number of H-pyrrole nitrogens is 2. The van der Waals surface area contributed by atoms with Crippen molar-refractivity contribution in [3.8, 4) is 0 Å². The second-order valence-electron chi connectivity index (χ2n) is 4.46. The fourth-order valence-electron chi connectivity index (χ4n) is 1.99. The zero-order valence-corrected chi connectivity index (χ0v) is 13.1. The summed E-state index contributed by atoms with van der Waals surface area (Å²) in [6.07, 6.45) is 4.21. The highest BCUT2D eigenvalue weighted by Gasteiger charge is 2.18. The van der Waals surface area contributed by atoms with Crippen LogP contribution in [-0.4, -0.2) is 55.9 Å². The highest BCUT2D eigenvalue weighted by Crippen LogP contribution is 2.12. The Morgan fingerprint density at radius 2 is 2.24 bits per heavy atom. The predicted octanol–water partition coefficient (Wildman–Crippen LogP) is -0.153. The Morgan fingerprint density at radius 3 is 2.90 bits per heavy atom. The first-order valence-electron chi connectivity index (χ1n) is 6.22. The molecule has 2 heterocycles. The van der Waals surface area contributed by atoms with Crippen molar-refractivity contribution in [2.24, 2.45) is 0 Å². The van der Waals surface area contributed by atoms with E-state index >= 15 is 0 Å². The van der Waals surface area contributed by atoms with Gasteiger partial charge in [-0.1, -0.05) is 0 Å². The van der Waals surface area contributed by atoms with Crippen LogP contribution in [0.5, 0.6) is 0 Å². The highest BCUT2D eigenvalue weighted by atomic mass is 35.5. The molecule has 0 fully saturated rings. The van der Waals surface area contributed by atoms with E-state index in [1.54, 1.807) is 18.0 Å². The standard InChI is InChI=1S/C12H18N4O3S.ClH/c1-20-5-8(9(18)4-17)13-2-7-3-14-11-10(7)15-6-16-12(11)19;/h3,6,8-9,13-14,17-18H,2,4-5H2,1H3,(H,15,16,19);1H/t8-,9+;/m0./s1. The van der Waals surface area contributed by atoms with Gasteiger partial charge in [0.05, 0.1) is 24.6 Å². The molecule has 0 unspecified atom stereocenters. The van der Waals surface area contributed by atoms with Crippen molar-refractivity contribution in [3.63, 3.8) is 0 Å². The first-order valence-corrected chi connectivity index (χ1v) is 7.61. The molecule has 0 radical (unpaired) electrons. The molecule has 9 heteroatoms. The van der Waals surface area contributed by atoms with E-state index in [2.05, 4.69) is 20.3 Å². The van der Waals surface area contributed by atoms with Gasteiger partial charge in [-0.25, -0.2) is 4.98 Å². The fourth-order valence-corrected chi connectivity index (χ4v) is 2.69. The van der Waals surface area contributed by atoms with Gasteiger partial charge in [0.2, 0.25) is 0 Å². The average Bonchev–Trinajstić information content (AvgIpc) is 2.87. The second-order valence-corrected chi connectivity index (χ2v) is 5.37. The van der Waals surface area contributed by atoms with Crippen LogP contribution in [0.3, 0.4) is 0 Å². The summed E-state index contributed by atoms with van der Waals surface area (Å²) in [5, 5.41) is 21.9. The quantitative estimate of drug-likeness (QED) is 0.481. The van der Waals surface area contributed by atoms with E-state index in [1.165, 1.54) is 6.33 Å². The molecule has 2 atom stereocenters. The third-order valence-corrected chi connectivity index (χ3v) is 3.79. The molecule has 5 N–H and O–H groups in total. The maximum Gasteiger partial charge on any atom is 0.275 e. The Labute approximate surface area is 132 Å². The summed E-state index contributed by atoms with van der Waals surface area (Å²) >= 11 is 1.58. The van der Waals surface area contributed by atoms with Gasteiger partial charge in [-0.05, 0) is 6.26 Å². The zero-order chi connectivity index (χ0) is 14.5. The monoisotopic (exact) mass is 334 g/mol. The molecule has 21 heavy (non-hydrogen) atoms. The first kappa shape index (κ1) is 18.0. The van der Waals surface area contributed by atoms with Crippen LogP contribution in [0.2, 0.25) is 0 Å². The lowest BCUT2D eigenvalue weighted by Crippen LogP contribution is -2.43. The van der Waals surface area contributed by atoms with Crippen LogP contribution >= 0.6 is 24.2 Å². The molecular formula is C12H19ClN4O3S. The molecule has 0 spiro atoms. The number of hydrogen-bond donors (Lipinski definition) is 5. The molecule has 0 amide bonds. The van der Waals surface area contributed by atoms with Gasteiger partial charge in [0.25, 0.3) is 5.56 Å². The Morgan fingerprint density at radius 1 is 1.48 bits per heavy atom. The van der Waals surface area contributed by atoms with Crippen LogP contribution in [0, 0.1) is 0 Å². The SMILES string of the molecule is CSC[C@H](NCc1c[nH]c2c(=O)[nH]cnc12)[C@H](O)CO.Cl. The normalized spacial score (nSPS) is 13.9. The van der Waals surface area contributed by atoms with Gasteiger partial charge >= 0.3 is 0 Å². The Hall–Kier alpha value is -1.06. The molecule has 0 bridgehead atoms. The summed E-state index contributed by atoms with van der Waals surface area (Å²) in [6.45, 7) is 0.169. The summed E-state index contributed by atoms with van der Waals surface area (Å²) in [6, 6.07) is -0.220. The molecule has 118 valence electrons. The van der Waals surface area contributed by atoms with Crippen LogP contribution in [0.15, 0.2) is 17.3 Å². The van der Waals surface area contributed by atoms with Crippen molar-refractivity contribution in [1.82, 2.24) is 20.3 Å². The lowest BCUT2D eigenvalue weighted by Gasteiger charge is -2.21. The van der Waals surface area contributed by atoms with Gasteiger partial charge in [-0.2, -0.15) is 11.8 Å². The number of aromatic nitrogens is 3. The maximum atomic E-state index is 11.6. The molecule has 0 aliphatic carbocycles. The Kier molecular flexibility index (Phi) is 7.20. The zero-order valence-electron chi connectivity index (χ0n) is 11.5. The van der Waals surface area contributed by atoms with Gasteiger partial charge < -0.3 is 25.5 Å². The number of fused-ring (bicyclic) bond motifs is 1. The van der Waals surface area contributed by atoms with Crippen molar-refractivity contribution >= 4 is 35.2 Å². The van der Waals surface area contributed by atoms with E-state index in [9.17, 15) is 9.90 Å². The predicted molar refractivity (Wildman–Crippen MR) is 86.1 cm³/mol. The number of thioether (sulfide) groups is 1. The number of nitrogens with one attached hydrogen (secondary N) is 3. The second kappa shape index (κ2) is 8.40. The van der Waals surface area contributed by atoms with Crippen LogP contribution in [0.25, 0.3) is 11.0 Å². The molecule has 0 saturated heterocycles. The molecule has 2 aromatic heterocycles. The maximum absolute atomic E-state index is 11.6. The molecule has 2 rings (SSSR count). The third kappa shape index (κ3) is 4.21. The van der Waals surface area contributed by atoms with Gasteiger partial charge in [0.1, 0.15) is 5.52 Å². The van der Waals surface area contributed by atoms with E-state index in [0.717, 1.165) is 5.56 Å². The number of aliphatic hydroxyl groups excluding tert-OH is 2. The summed E-state index contributed by atoms with van der Waals surface area (Å²) in [4.78, 5) is 21.1. The van der Waals surface area contributed by atoms with Gasteiger partial charge in [-0.3, -0.25) is 4.79 Å². The topological polar surface area (TPSA) is 114 Å². The smallest absolute Gasteiger partial charge is 0.275 e. The molecule has 0 aliphatic rings. The lowest BCUT2D eigenvalue weighted by molar-refractivity contribution is 0.0689. The number of halogens is 1. The summed E-state index contributed by atoms with van der Waals surface area (Å²) in [5.41, 5.74) is 1.69. The molecule has 0 aromatic carbocycles. The Bertz CT molecular complexity index is 618. The van der Waals surface area contributed by atoms with Crippen LogP contribution < -0.4 is 10.9 Å². The van der Waals surface area contributed by atoms with Crippen molar-refractivity contribution in [3.05, 3.63) is 28.4 Å². The summed E-state index contributed by atoms with van der Waals surface area (Å²) in [7, 11) is 0. The van der Waals surface area contributed by atoms with Gasteiger partial charge in [-0.15, -0.1) is 12.4 Å². The lowest BCUT2D eigenvalue weighted by atomic mass is 10.2. The Balaban J connectivity index is 0.00000220. The first-order chi connectivity index (χ1) is 9.67. The minimum absolute atomic E-state index is 0. The van der Waals surface area contributed by atoms with Crippen LogP contribution in [0.4, 0.5) is 0 Å². The number of hydrogen-bond acceptors (Lipinski definition) is 6. The highest BCUT2D eigenvalue weighted by molar-refractivity contribution is 7.98. The van der Waals surface area contributed by atoms with Gasteiger partial charge in [0.15, 0.2) is 0 Å². The van der Waals surface area contributed by atoms with Crippen molar-refractivity contribution in [1.29, 1.82) is 0 Å². The van der Waals surface area contributed by atoms with Gasteiger partial charge in [0, 0.05) is 30.1 Å². The molecule has 0 aliphatic heterocycles. The average molecular weight is 335 g/mol. The molecular weight excluding hydrogens is 316 g/mol. The fraction of sp³-hybridized carbons (Fsp3) is 0.500. The van der Waals surface area contributed by atoms with E-state index < -0.39 is 6.10 Å². The molecule has 2 aromatic rings. The number of aliphatic hydroxyl groups is 2. The van der Waals surface area contributed by atoms with E-state index in [1.807, 2.05) is 6.26 Å². The largest absolute Gasteiger partial charge is 0.394 e. The number of nitrogens with zero attached hydrogens (tertiary/aromatic N) is 1. The van der Waals surface area contributed by atoms with Crippen molar-refractivity contribution < 1.29 is 10.2 Å². The van der Waals surface area contributed by atoms with E-state index in [-0.39, 0.29) is 30.6 Å². The minimum Gasteiger partial charge on any atom is -0.394 e. The van der Waals surface area contributed by atoms with Crippen LogP contribution in [0.1, 0.15) is 5.56 Å². The van der Waals surface area contributed by atoms with Crippen molar-refractivity contribution in [2.45, 2.75) is 18.7 Å². The van der Waals surface area contributed by atoms with E-state index in [0.29, 0.717) is 23.3 Å². The minimum atomic E-state index is -0.816. The molecule has 0 saturated carbocycles. The summed E-state index contributed by atoms with van der Waals surface area (Å²) < 4.78 is 0. The molecule has 7 nitrogen and oxygen atoms in total.